The predicted octanol–water partition coefficient (Wildman–Crippen LogP) is 2.12. The largest absolute Gasteiger partial charge is 0.379 e. The minimum absolute atomic E-state index is 0.320. The quantitative estimate of drug-likeness (QED) is 0.659. The number of nitrogens with zero attached hydrogens (tertiary/aromatic N) is 1. The van der Waals surface area contributed by atoms with Crippen LogP contribution in [0.3, 0.4) is 0 Å². The maximum Gasteiger partial charge on any atom is 0.154 e. The maximum atomic E-state index is 8.94. The summed E-state index contributed by atoms with van der Waals surface area (Å²) in [4.78, 5) is 0. The van der Waals surface area contributed by atoms with Gasteiger partial charge in [-0.3, -0.25) is 0 Å². The van der Waals surface area contributed by atoms with Crippen molar-refractivity contribution in [1.82, 2.24) is 0 Å². The third-order valence-corrected chi connectivity index (χ3v) is 2.02. The first kappa shape index (κ1) is 12.4. The summed E-state index contributed by atoms with van der Waals surface area (Å²) >= 11 is 0. The Morgan fingerprint density at radius 3 is 2.15 bits per heavy atom. The van der Waals surface area contributed by atoms with Gasteiger partial charge in [0.1, 0.15) is 0 Å². The van der Waals surface area contributed by atoms with Crippen LogP contribution in [0.4, 0.5) is 0 Å². The van der Waals surface area contributed by atoms with Crippen molar-refractivity contribution in [3.63, 3.8) is 0 Å². The Kier molecular flexibility index (Phi) is 4.38. The maximum absolute atomic E-state index is 8.94. The van der Waals surface area contributed by atoms with Gasteiger partial charge in [0, 0.05) is 20.1 Å². The molecule has 0 aromatic heterocycles. The van der Waals surface area contributed by atoms with E-state index in [1.807, 2.05) is 20.8 Å². The van der Waals surface area contributed by atoms with E-state index >= 15 is 0 Å². The highest BCUT2D eigenvalue weighted by Gasteiger charge is 2.33. The molecule has 3 nitrogen and oxygen atoms in total. The van der Waals surface area contributed by atoms with Crippen molar-refractivity contribution in [2.75, 3.05) is 13.7 Å². The first-order valence-corrected chi connectivity index (χ1v) is 4.49. The molecule has 0 heterocycles. The summed E-state index contributed by atoms with van der Waals surface area (Å²) in [6.07, 6.45) is 0.570. The monoisotopic (exact) mass is 185 g/mol. The molecule has 13 heavy (non-hydrogen) atoms. The van der Waals surface area contributed by atoms with E-state index < -0.39 is 5.60 Å². The van der Waals surface area contributed by atoms with Gasteiger partial charge in [0.2, 0.25) is 0 Å². The molecule has 76 valence electrons. The molecule has 0 saturated heterocycles. The molecule has 0 N–H and O–H groups in total. The van der Waals surface area contributed by atoms with Crippen LogP contribution in [-0.2, 0) is 9.47 Å². The summed E-state index contributed by atoms with van der Waals surface area (Å²) in [7, 11) is 1.64. The van der Waals surface area contributed by atoms with Crippen molar-refractivity contribution in [2.24, 2.45) is 0 Å². The summed E-state index contributed by atoms with van der Waals surface area (Å²) in [6.45, 7) is 8.11. The Morgan fingerprint density at radius 1 is 1.31 bits per heavy atom. The minimum Gasteiger partial charge on any atom is -0.379 e. The Hall–Kier alpha value is -0.590. The van der Waals surface area contributed by atoms with Crippen molar-refractivity contribution in [3.8, 4) is 6.07 Å². The second kappa shape index (κ2) is 4.59. The van der Waals surface area contributed by atoms with Crippen LogP contribution in [0, 0.1) is 11.3 Å². The average Bonchev–Trinajstić information content (AvgIpc) is 2.04. The van der Waals surface area contributed by atoms with Gasteiger partial charge < -0.3 is 9.47 Å². The zero-order valence-corrected chi connectivity index (χ0v) is 9.18. The highest BCUT2D eigenvalue weighted by atomic mass is 16.5. The highest BCUT2D eigenvalue weighted by molar-refractivity contribution is 5.01. The van der Waals surface area contributed by atoms with E-state index in [-0.39, 0.29) is 5.60 Å². The second-order valence-electron chi connectivity index (χ2n) is 3.92. The second-order valence-corrected chi connectivity index (χ2v) is 3.92. The number of ether oxygens (including phenoxy) is 2. The summed E-state index contributed by atoms with van der Waals surface area (Å²) < 4.78 is 10.6. The summed E-state index contributed by atoms with van der Waals surface area (Å²) in [5.41, 5.74) is -1.06. The van der Waals surface area contributed by atoms with E-state index in [1.165, 1.54) is 0 Å². The third kappa shape index (κ3) is 4.25. The zero-order chi connectivity index (χ0) is 10.5. The zero-order valence-electron chi connectivity index (χ0n) is 9.18. The minimum atomic E-state index is -0.742. The molecule has 0 fully saturated rings. The lowest BCUT2D eigenvalue weighted by molar-refractivity contribution is -0.0652. The molecule has 0 radical (unpaired) electrons. The van der Waals surface area contributed by atoms with Gasteiger partial charge >= 0.3 is 0 Å². The lowest BCUT2D eigenvalue weighted by atomic mass is 9.91. The molecule has 0 aliphatic heterocycles. The molecule has 0 aliphatic rings. The molecule has 0 aromatic carbocycles. The fourth-order valence-electron chi connectivity index (χ4n) is 1.33. The van der Waals surface area contributed by atoms with E-state index in [0.29, 0.717) is 13.0 Å². The highest BCUT2D eigenvalue weighted by Crippen LogP contribution is 2.25. The number of hydrogen-bond acceptors (Lipinski definition) is 3. The molecule has 0 aliphatic carbocycles. The van der Waals surface area contributed by atoms with Gasteiger partial charge in [0.15, 0.2) is 5.60 Å². The number of rotatable bonds is 5. The molecule has 3 heteroatoms. The summed E-state index contributed by atoms with van der Waals surface area (Å²) in [5.74, 6) is 0. The van der Waals surface area contributed by atoms with Crippen molar-refractivity contribution >= 4 is 0 Å². The molecule has 0 saturated carbocycles. The summed E-state index contributed by atoms with van der Waals surface area (Å²) in [6, 6.07) is 2.17. The van der Waals surface area contributed by atoms with E-state index in [0.717, 1.165) is 0 Å². The van der Waals surface area contributed by atoms with Gasteiger partial charge in [-0.1, -0.05) is 0 Å². The van der Waals surface area contributed by atoms with Crippen LogP contribution in [0.25, 0.3) is 0 Å². The molecule has 0 amide bonds. The Morgan fingerprint density at radius 2 is 1.85 bits per heavy atom. The number of hydrogen-bond donors (Lipinski definition) is 0. The molecule has 0 spiro atoms. The topological polar surface area (TPSA) is 42.2 Å². The van der Waals surface area contributed by atoms with Gasteiger partial charge in [-0.05, 0) is 27.7 Å². The van der Waals surface area contributed by atoms with E-state index in [2.05, 4.69) is 6.07 Å². The predicted molar refractivity (Wildman–Crippen MR) is 51.3 cm³/mol. The standard InChI is InChI=1S/C10H19NO2/c1-6-13-10(4,8-11)7-9(2,3)12-5/h6-7H2,1-5H3. The van der Waals surface area contributed by atoms with Crippen LogP contribution in [-0.4, -0.2) is 24.9 Å². The lowest BCUT2D eigenvalue weighted by Gasteiger charge is -2.31. The summed E-state index contributed by atoms with van der Waals surface area (Å²) in [5, 5.41) is 8.94. The van der Waals surface area contributed by atoms with Crippen LogP contribution in [0.2, 0.25) is 0 Å². The van der Waals surface area contributed by atoms with Crippen LogP contribution >= 0.6 is 0 Å². The van der Waals surface area contributed by atoms with Crippen LogP contribution < -0.4 is 0 Å². The first-order chi connectivity index (χ1) is 5.89. The fourth-order valence-corrected chi connectivity index (χ4v) is 1.33. The lowest BCUT2D eigenvalue weighted by Crippen LogP contribution is -2.37. The normalized spacial score (nSPS) is 16.3. The van der Waals surface area contributed by atoms with Crippen LogP contribution in [0.15, 0.2) is 0 Å². The van der Waals surface area contributed by atoms with Crippen molar-refractivity contribution in [3.05, 3.63) is 0 Å². The smallest absolute Gasteiger partial charge is 0.154 e. The van der Waals surface area contributed by atoms with E-state index in [1.54, 1.807) is 14.0 Å². The van der Waals surface area contributed by atoms with Gasteiger partial charge in [-0.15, -0.1) is 0 Å². The Labute approximate surface area is 80.6 Å². The molecular weight excluding hydrogens is 166 g/mol. The van der Waals surface area contributed by atoms with Crippen LogP contribution in [0.1, 0.15) is 34.1 Å². The molecular formula is C10H19NO2. The number of nitriles is 1. The SMILES string of the molecule is CCOC(C)(C#N)CC(C)(C)OC. The van der Waals surface area contributed by atoms with Crippen molar-refractivity contribution in [1.29, 1.82) is 5.26 Å². The van der Waals surface area contributed by atoms with Gasteiger partial charge in [0.25, 0.3) is 0 Å². The fraction of sp³-hybridized carbons (Fsp3) is 0.900. The van der Waals surface area contributed by atoms with Crippen molar-refractivity contribution < 1.29 is 9.47 Å². The van der Waals surface area contributed by atoms with Gasteiger partial charge in [-0.2, -0.15) is 5.26 Å². The van der Waals surface area contributed by atoms with Gasteiger partial charge in [-0.25, -0.2) is 0 Å². The molecule has 0 aromatic rings. The molecule has 1 atom stereocenters. The molecule has 0 rings (SSSR count). The Bertz CT molecular complexity index is 196. The third-order valence-electron chi connectivity index (χ3n) is 2.02. The van der Waals surface area contributed by atoms with Gasteiger partial charge in [0.05, 0.1) is 11.7 Å². The van der Waals surface area contributed by atoms with Crippen molar-refractivity contribution in [2.45, 2.75) is 45.3 Å². The Balaban J connectivity index is 4.37. The first-order valence-electron chi connectivity index (χ1n) is 4.49. The molecule has 1 unspecified atom stereocenters. The van der Waals surface area contributed by atoms with E-state index in [4.69, 9.17) is 14.7 Å². The van der Waals surface area contributed by atoms with E-state index in [9.17, 15) is 0 Å². The average molecular weight is 185 g/mol. The molecule has 0 bridgehead atoms. The number of methoxy groups -OCH3 is 1. The van der Waals surface area contributed by atoms with Crippen LogP contribution in [0.5, 0.6) is 0 Å².